The minimum absolute atomic E-state index is 0.990. The molecule has 1 heteroatoms. The van der Waals surface area contributed by atoms with E-state index in [1.807, 2.05) is 6.92 Å². The Morgan fingerprint density at radius 1 is 1.38 bits per heavy atom. The molecule has 46 valence electrons. The van der Waals surface area contributed by atoms with Gasteiger partial charge in [-0.15, -0.1) is 11.8 Å². The normalized spacial score (nSPS) is 8.50. The molecule has 0 atom stereocenters. The molecule has 0 bridgehead atoms. The van der Waals surface area contributed by atoms with Gasteiger partial charge in [-0.1, -0.05) is 0 Å². The van der Waals surface area contributed by atoms with E-state index in [0.29, 0.717) is 0 Å². The average molecular weight is 111 g/mol. The van der Waals surface area contributed by atoms with Gasteiger partial charge in [0.1, 0.15) is 0 Å². The Morgan fingerprint density at radius 3 is 2.38 bits per heavy atom. The maximum absolute atomic E-state index is 2.99. The van der Waals surface area contributed by atoms with Gasteiger partial charge in [-0.3, -0.25) is 0 Å². The van der Waals surface area contributed by atoms with Crippen molar-refractivity contribution >= 4 is 0 Å². The topological polar surface area (TPSA) is 3.24 Å². The highest BCUT2D eigenvalue weighted by Gasteiger charge is 1.82. The fourth-order valence-electron chi connectivity index (χ4n) is 0.405. The maximum Gasteiger partial charge on any atom is 0.0216 e. The molecule has 0 aromatic heterocycles. The molecule has 0 spiro atoms. The van der Waals surface area contributed by atoms with E-state index in [1.165, 1.54) is 0 Å². The molecular formula is C7H13N. The first kappa shape index (κ1) is 7.52. The molecule has 0 aromatic carbocycles. The van der Waals surface area contributed by atoms with Crippen molar-refractivity contribution in [2.75, 3.05) is 20.6 Å². The second-order valence-corrected chi connectivity index (χ2v) is 1.98. The van der Waals surface area contributed by atoms with Crippen LogP contribution in [0.3, 0.4) is 0 Å². The Labute approximate surface area is 51.7 Å². The van der Waals surface area contributed by atoms with Crippen LogP contribution in [0.4, 0.5) is 0 Å². The second-order valence-electron chi connectivity index (χ2n) is 1.98. The van der Waals surface area contributed by atoms with Gasteiger partial charge < -0.3 is 4.90 Å². The quantitative estimate of drug-likeness (QED) is 0.480. The zero-order valence-electron chi connectivity index (χ0n) is 5.86. The van der Waals surface area contributed by atoms with E-state index in [0.717, 1.165) is 13.0 Å². The molecule has 0 rings (SSSR count). The Hall–Kier alpha value is -0.480. The lowest BCUT2D eigenvalue weighted by molar-refractivity contribution is 0.420. The van der Waals surface area contributed by atoms with Crippen molar-refractivity contribution in [3.8, 4) is 11.8 Å². The molecule has 0 N–H and O–H groups in total. The minimum Gasteiger partial charge on any atom is -0.308 e. The van der Waals surface area contributed by atoms with E-state index in [4.69, 9.17) is 0 Å². The van der Waals surface area contributed by atoms with Crippen molar-refractivity contribution in [2.45, 2.75) is 13.3 Å². The van der Waals surface area contributed by atoms with Gasteiger partial charge in [0.05, 0.1) is 0 Å². The lowest BCUT2D eigenvalue weighted by Crippen LogP contribution is -2.11. The Balaban J connectivity index is 3.01. The fourth-order valence-corrected chi connectivity index (χ4v) is 0.405. The summed E-state index contributed by atoms with van der Waals surface area (Å²) < 4.78 is 0. The molecule has 0 fully saturated rings. The zero-order chi connectivity index (χ0) is 6.41. The highest BCUT2D eigenvalue weighted by atomic mass is 15.0. The molecule has 0 aliphatic carbocycles. The third-order valence-electron chi connectivity index (χ3n) is 0.861. The SMILES string of the molecule is CC#CCCN(C)C. The van der Waals surface area contributed by atoms with E-state index < -0.39 is 0 Å². The standard InChI is InChI=1S/C7H13N/c1-4-5-6-7-8(2)3/h6-7H2,1-3H3. The minimum atomic E-state index is 0.990. The zero-order valence-corrected chi connectivity index (χ0v) is 5.86. The molecule has 8 heavy (non-hydrogen) atoms. The van der Waals surface area contributed by atoms with Gasteiger partial charge in [0.15, 0.2) is 0 Å². The summed E-state index contributed by atoms with van der Waals surface area (Å²) in [5.74, 6) is 5.83. The van der Waals surface area contributed by atoms with Crippen LogP contribution >= 0.6 is 0 Å². The Morgan fingerprint density at radius 2 is 2.00 bits per heavy atom. The molecule has 0 saturated carbocycles. The van der Waals surface area contributed by atoms with Crippen molar-refractivity contribution in [1.29, 1.82) is 0 Å². The van der Waals surface area contributed by atoms with Gasteiger partial charge in [0.25, 0.3) is 0 Å². The number of nitrogens with zero attached hydrogens (tertiary/aromatic N) is 1. The van der Waals surface area contributed by atoms with Crippen LogP contribution in [-0.2, 0) is 0 Å². The molecule has 0 aliphatic rings. The van der Waals surface area contributed by atoms with Crippen molar-refractivity contribution in [3.05, 3.63) is 0 Å². The number of hydrogen-bond donors (Lipinski definition) is 0. The predicted octanol–water partition coefficient (Wildman–Crippen LogP) is 0.961. The van der Waals surface area contributed by atoms with Gasteiger partial charge >= 0.3 is 0 Å². The Kier molecular flexibility index (Phi) is 4.39. The summed E-state index contributed by atoms with van der Waals surface area (Å²) in [4.78, 5) is 2.13. The van der Waals surface area contributed by atoms with Crippen LogP contribution in [0.1, 0.15) is 13.3 Å². The van der Waals surface area contributed by atoms with Crippen molar-refractivity contribution in [3.63, 3.8) is 0 Å². The van der Waals surface area contributed by atoms with Gasteiger partial charge in [-0.2, -0.15) is 0 Å². The van der Waals surface area contributed by atoms with Gasteiger partial charge in [0.2, 0.25) is 0 Å². The fraction of sp³-hybridized carbons (Fsp3) is 0.714. The Bertz CT molecular complexity index is 94.7. The summed E-state index contributed by atoms with van der Waals surface area (Å²) in [7, 11) is 4.11. The van der Waals surface area contributed by atoms with Gasteiger partial charge in [0, 0.05) is 13.0 Å². The molecule has 0 unspecified atom stereocenters. The molecule has 0 heterocycles. The smallest absolute Gasteiger partial charge is 0.0216 e. The largest absolute Gasteiger partial charge is 0.308 e. The summed E-state index contributed by atoms with van der Waals surface area (Å²) in [5.41, 5.74) is 0. The summed E-state index contributed by atoms with van der Waals surface area (Å²) in [5, 5.41) is 0. The molecule has 0 amide bonds. The average Bonchev–Trinajstić information content (AvgIpc) is 1.66. The third-order valence-corrected chi connectivity index (χ3v) is 0.861. The summed E-state index contributed by atoms with van der Waals surface area (Å²) in [6.07, 6.45) is 0.990. The van der Waals surface area contributed by atoms with Gasteiger partial charge in [-0.25, -0.2) is 0 Å². The predicted molar refractivity (Wildman–Crippen MR) is 36.6 cm³/mol. The molecule has 0 radical (unpaired) electrons. The van der Waals surface area contributed by atoms with Crippen LogP contribution in [0.25, 0.3) is 0 Å². The van der Waals surface area contributed by atoms with Crippen LogP contribution in [0, 0.1) is 11.8 Å². The highest BCUT2D eigenvalue weighted by molar-refractivity contribution is 4.94. The van der Waals surface area contributed by atoms with Gasteiger partial charge in [-0.05, 0) is 21.0 Å². The molecule has 1 nitrogen and oxygen atoms in total. The molecule has 0 aliphatic heterocycles. The van der Waals surface area contributed by atoms with E-state index >= 15 is 0 Å². The van der Waals surface area contributed by atoms with E-state index in [-0.39, 0.29) is 0 Å². The second kappa shape index (κ2) is 4.67. The van der Waals surface area contributed by atoms with Crippen LogP contribution in [-0.4, -0.2) is 25.5 Å². The van der Waals surface area contributed by atoms with Crippen LogP contribution in [0.5, 0.6) is 0 Å². The molecular weight excluding hydrogens is 98.1 g/mol. The number of hydrogen-bond acceptors (Lipinski definition) is 1. The first-order valence-corrected chi connectivity index (χ1v) is 2.81. The number of rotatable bonds is 2. The van der Waals surface area contributed by atoms with Crippen molar-refractivity contribution in [2.24, 2.45) is 0 Å². The summed E-state index contributed by atoms with van der Waals surface area (Å²) in [6, 6.07) is 0. The lowest BCUT2D eigenvalue weighted by atomic mass is 10.4. The van der Waals surface area contributed by atoms with Crippen LogP contribution in [0.2, 0.25) is 0 Å². The summed E-state index contributed by atoms with van der Waals surface area (Å²) in [6.45, 7) is 2.94. The highest BCUT2D eigenvalue weighted by Crippen LogP contribution is 1.78. The maximum atomic E-state index is 2.99. The first-order chi connectivity index (χ1) is 3.77. The van der Waals surface area contributed by atoms with E-state index in [9.17, 15) is 0 Å². The monoisotopic (exact) mass is 111 g/mol. The van der Waals surface area contributed by atoms with E-state index in [1.54, 1.807) is 0 Å². The first-order valence-electron chi connectivity index (χ1n) is 2.81. The van der Waals surface area contributed by atoms with E-state index in [2.05, 4.69) is 30.8 Å². The third kappa shape index (κ3) is 5.52. The van der Waals surface area contributed by atoms with Crippen molar-refractivity contribution < 1.29 is 0 Å². The van der Waals surface area contributed by atoms with Crippen LogP contribution in [0.15, 0.2) is 0 Å². The summed E-state index contributed by atoms with van der Waals surface area (Å²) >= 11 is 0. The lowest BCUT2D eigenvalue weighted by Gasteiger charge is -2.03. The molecule has 0 saturated heterocycles. The van der Waals surface area contributed by atoms with Crippen LogP contribution < -0.4 is 0 Å². The van der Waals surface area contributed by atoms with Crippen molar-refractivity contribution in [1.82, 2.24) is 4.90 Å². The molecule has 0 aromatic rings.